The van der Waals surface area contributed by atoms with E-state index in [2.05, 4.69) is 0 Å². The van der Waals surface area contributed by atoms with Gasteiger partial charge in [-0.2, -0.15) is 0 Å². The molecule has 0 rings (SSSR count). The SMILES string of the molecule is [GeH4].[O]=[Ce]=[O]. The van der Waals surface area contributed by atoms with Gasteiger partial charge in [-0.05, 0) is 0 Å². The van der Waals surface area contributed by atoms with Gasteiger partial charge < -0.3 is 0 Å². The van der Waals surface area contributed by atoms with Gasteiger partial charge in [-0.1, -0.05) is 0 Å². The van der Waals surface area contributed by atoms with Gasteiger partial charge in [-0.25, -0.2) is 0 Å². The van der Waals surface area contributed by atoms with Gasteiger partial charge in [0.05, 0.1) is 0 Å². The molecule has 0 aliphatic carbocycles. The van der Waals surface area contributed by atoms with Crippen molar-refractivity contribution in [3.8, 4) is 0 Å². The summed E-state index contributed by atoms with van der Waals surface area (Å²) in [6, 6.07) is 0. The second kappa shape index (κ2) is 8.82. The van der Waals surface area contributed by atoms with Crippen LogP contribution in [-0.2, 0) is 1.88 Å². The molecule has 0 aliphatic heterocycles. The molecule has 0 bridgehead atoms. The van der Waals surface area contributed by atoms with E-state index in [1.165, 1.54) is 0 Å². The minimum atomic E-state index is -2.42. The van der Waals surface area contributed by atoms with Crippen LogP contribution in [0.15, 0.2) is 0 Å². The molecule has 0 spiro atoms. The zero-order chi connectivity index (χ0) is 2.71. The Balaban J connectivity index is 0. The van der Waals surface area contributed by atoms with E-state index in [1.807, 2.05) is 0 Å². The third-order valence-corrected chi connectivity index (χ3v) is 0. The molecule has 0 aromatic heterocycles. The summed E-state index contributed by atoms with van der Waals surface area (Å²) >= 11 is -2.42. The predicted octanol–water partition coefficient (Wildman–Crippen LogP) is -1.69. The van der Waals surface area contributed by atoms with Crippen molar-refractivity contribution in [2.24, 2.45) is 0 Å². The van der Waals surface area contributed by atoms with E-state index in [4.69, 9.17) is 1.88 Å². The molecule has 4 heteroatoms. The molecule has 0 amide bonds. The van der Waals surface area contributed by atoms with Gasteiger partial charge >= 0.3 is 57.3 Å². The first-order chi connectivity index (χ1) is 1.41. The Hall–Kier alpha value is 1.52. The Morgan fingerprint density at radius 2 is 1.25 bits per heavy atom. The van der Waals surface area contributed by atoms with Gasteiger partial charge in [-0.15, -0.1) is 0 Å². The monoisotopic (exact) mass is 250 g/mol. The van der Waals surface area contributed by atoms with Crippen LogP contribution in [0.5, 0.6) is 0 Å². The van der Waals surface area contributed by atoms with E-state index in [1.54, 1.807) is 0 Å². The van der Waals surface area contributed by atoms with Crippen molar-refractivity contribution in [1.82, 2.24) is 0 Å². The normalized spacial score (nSPS) is 2.00. The minimum absolute atomic E-state index is 0. The molecule has 0 aliphatic rings. The summed E-state index contributed by atoms with van der Waals surface area (Å²) in [4.78, 5) is 0. The van der Waals surface area contributed by atoms with Gasteiger partial charge in [-0.3, -0.25) is 0 Å². The molecule has 0 aromatic carbocycles. The van der Waals surface area contributed by atoms with Crippen LogP contribution in [0.2, 0.25) is 0 Å². The Morgan fingerprint density at radius 3 is 1.25 bits per heavy atom. The second-order valence-electron chi connectivity index (χ2n) is 0.0833. The van der Waals surface area contributed by atoms with E-state index in [0.717, 1.165) is 0 Å². The quantitative estimate of drug-likeness (QED) is 0.480. The van der Waals surface area contributed by atoms with Crippen LogP contribution in [0.25, 0.3) is 0 Å². The Labute approximate surface area is 56.3 Å². The zero-order valence-corrected chi connectivity index (χ0v) is 4.46. The van der Waals surface area contributed by atoms with Crippen molar-refractivity contribution in [3.05, 3.63) is 0 Å². The first kappa shape index (κ1) is 9.10. The molecule has 0 unspecified atom stereocenters. The summed E-state index contributed by atoms with van der Waals surface area (Å²) < 4.78 is 17.1. The maximum absolute atomic E-state index is 8.57. The fraction of sp³-hybridized carbons (Fsp3) is 0. The van der Waals surface area contributed by atoms with E-state index >= 15 is 0 Å². The Bertz CT molecular complexity index is 27.0. The average molecular weight is 249 g/mol. The van der Waals surface area contributed by atoms with Crippen molar-refractivity contribution in [2.45, 2.75) is 0 Å². The molecule has 0 heterocycles. The molecule has 0 aromatic rings. The number of hydrogen-bond acceptors (Lipinski definition) is 2. The Morgan fingerprint density at radius 1 is 1.25 bits per heavy atom. The fourth-order valence-electron chi connectivity index (χ4n) is 0. The number of rotatable bonds is 0. The average Bonchev–Trinajstić information content (AvgIpc) is 0.918. The van der Waals surface area contributed by atoms with Gasteiger partial charge in [0.2, 0.25) is 0 Å². The van der Waals surface area contributed by atoms with Gasteiger partial charge in [0.25, 0.3) is 0 Å². The van der Waals surface area contributed by atoms with Crippen LogP contribution < -0.4 is 0 Å². The Kier molecular flexibility index (Phi) is 20.1. The predicted molar refractivity (Wildman–Crippen MR) is 12.7 cm³/mol. The van der Waals surface area contributed by atoms with Crippen molar-refractivity contribution in [1.29, 1.82) is 0 Å². The fourth-order valence-corrected chi connectivity index (χ4v) is 0. The van der Waals surface area contributed by atoms with Crippen LogP contribution in [0.4, 0.5) is 0 Å². The molecule has 0 saturated heterocycles. The molecule has 0 atom stereocenters. The molecule has 0 N–H and O–H groups in total. The van der Waals surface area contributed by atoms with Crippen LogP contribution in [0.3, 0.4) is 0 Å². The van der Waals surface area contributed by atoms with Crippen molar-refractivity contribution in [3.63, 3.8) is 0 Å². The van der Waals surface area contributed by atoms with Gasteiger partial charge in [0.15, 0.2) is 0 Å². The van der Waals surface area contributed by atoms with Crippen LogP contribution in [-0.4, -0.2) is 17.6 Å². The van der Waals surface area contributed by atoms with Gasteiger partial charge in [0, 0.05) is 0 Å². The van der Waals surface area contributed by atoms with Crippen molar-refractivity contribution < 1.29 is 39.7 Å². The van der Waals surface area contributed by atoms with Crippen LogP contribution in [0.1, 0.15) is 0 Å². The topological polar surface area (TPSA) is 34.1 Å². The summed E-state index contributed by atoms with van der Waals surface area (Å²) in [6.07, 6.45) is 0. The molecule has 0 saturated carbocycles. The molecule has 0 radical (unpaired) electrons. The van der Waals surface area contributed by atoms with E-state index in [-0.39, 0.29) is 17.6 Å². The van der Waals surface area contributed by atoms with E-state index in [9.17, 15) is 0 Å². The molecule has 0 fully saturated rings. The summed E-state index contributed by atoms with van der Waals surface area (Å²) in [5, 5.41) is 0. The summed E-state index contributed by atoms with van der Waals surface area (Å²) in [6.45, 7) is 0. The van der Waals surface area contributed by atoms with Crippen LogP contribution in [0, 0.1) is 37.8 Å². The van der Waals surface area contributed by atoms with E-state index < -0.39 is 37.8 Å². The van der Waals surface area contributed by atoms with Crippen molar-refractivity contribution >= 4 is 17.6 Å². The summed E-state index contributed by atoms with van der Waals surface area (Å²) in [5.74, 6) is 0. The molecule has 2 nitrogen and oxygen atoms in total. The maximum atomic E-state index is 8.57. The van der Waals surface area contributed by atoms with Crippen LogP contribution >= 0.6 is 0 Å². The van der Waals surface area contributed by atoms with E-state index in [0.29, 0.717) is 0 Å². The molecular weight excluding hydrogens is 245 g/mol. The molecular formula is H4CeGeO2. The standard InChI is InChI=1S/Ce.GeH4.2O/h;1H4;;. The number of hydrogen-bond donors (Lipinski definition) is 0. The third kappa shape index (κ3) is 9.68. The molecule has 24 valence electrons. The van der Waals surface area contributed by atoms with Gasteiger partial charge in [0.1, 0.15) is 0 Å². The summed E-state index contributed by atoms with van der Waals surface area (Å²) in [7, 11) is 0. The van der Waals surface area contributed by atoms with Crippen molar-refractivity contribution in [2.75, 3.05) is 0 Å². The zero-order valence-electron chi connectivity index (χ0n) is 1.32. The second-order valence-corrected chi connectivity index (χ2v) is 0.607. The summed E-state index contributed by atoms with van der Waals surface area (Å²) in [5.41, 5.74) is 0. The first-order valence-electron chi connectivity index (χ1n) is 0.408. The molecule has 4 heavy (non-hydrogen) atoms. The first-order valence-corrected chi connectivity index (χ1v) is 2.97. The third-order valence-electron chi connectivity index (χ3n) is 0.